The molecular formula is C17H22N4O3. The van der Waals surface area contributed by atoms with E-state index < -0.39 is 6.10 Å². The average molecular weight is 330 g/mol. The van der Waals surface area contributed by atoms with Crippen LogP contribution >= 0.6 is 0 Å². The van der Waals surface area contributed by atoms with Crippen LogP contribution in [0, 0.1) is 0 Å². The van der Waals surface area contributed by atoms with Gasteiger partial charge in [0.15, 0.2) is 5.69 Å². The zero-order valence-electron chi connectivity index (χ0n) is 13.9. The third kappa shape index (κ3) is 2.53. The minimum absolute atomic E-state index is 0.0630. The highest BCUT2D eigenvalue weighted by Gasteiger charge is 2.30. The molecule has 4 rings (SSSR count). The van der Waals surface area contributed by atoms with Gasteiger partial charge in [0.2, 0.25) is 0 Å². The molecule has 0 saturated heterocycles. The fourth-order valence-corrected chi connectivity index (χ4v) is 3.54. The van der Waals surface area contributed by atoms with Gasteiger partial charge in [0.25, 0.3) is 5.91 Å². The van der Waals surface area contributed by atoms with E-state index in [1.807, 2.05) is 17.7 Å². The van der Waals surface area contributed by atoms with Gasteiger partial charge in [0, 0.05) is 18.5 Å². The van der Waals surface area contributed by atoms with E-state index in [9.17, 15) is 9.90 Å². The molecule has 128 valence electrons. The predicted molar refractivity (Wildman–Crippen MR) is 85.4 cm³/mol. The van der Waals surface area contributed by atoms with Crippen molar-refractivity contribution in [1.82, 2.24) is 19.8 Å². The first-order valence-corrected chi connectivity index (χ1v) is 8.68. The molecular weight excluding hydrogens is 308 g/mol. The Balaban J connectivity index is 1.55. The topological polar surface area (TPSA) is 84.4 Å². The number of hydrogen-bond donors (Lipinski definition) is 1. The number of carbonyl (C=O) groups is 1. The second-order valence-electron chi connectivity index (χ2n) is 6.57. The summed E-state index contributed by atoms with van der Waals surface area (Å²) in [6, 6.07) is 1.89. The highest BCUT2D eigenvalue weighted by atomic mass is 16.5. The number of aliphatic hydroxyl groups is 1. The van der Waals surface area contributed by atoms with Crippen molar-refractivity contribution < 1.29 is 14.4 Å². The Labute approximate surface area is 140 Å². The van der Waals surface area contributed by atoms with Gasteiger partial charge in [-0.3, -0.25) is 9.48 Å². The van der Waals surface area contributed by atoms with Gasteiger partial charge in [-0.15, -0.1) is 0 Å². The zero-order valence-corrected chi connectivity index (χ0v) is 13.9. The summed E-state index contributed by atoms with van der Waals surface area (Å²) in [6.45, 7) is 3.64. The molecule has 0 radical (unpaired) electrons. The summed E-state index contributed by atoms with van der Waals surface area (Å²) in [7, 11) is 0. The van der Waals surface area contributed by atoms with Gasteiger partial charge in [-0.1, -0.05) is 12.1 Å². The Kier molecular flexibility index (Phi) is 3.88. The molecule has 1 aliphatic heterocycles. The van der Waals surface area contributed by atoms with Crippen molar-refractivity contribution in [3.63, 3.8) is 0 Å². The van der Waals surface area contributed by atoms with E-state index in [1.54, 1.807) is 4.90 Å². The molecule has 0 saturated carbocycles. The first-order chi connectivity index (χ1) is 11.7. The van der Waals surface area contributed by atoms with Crippen LogP contribution in [0.3, 0.4) is 0 Å². The quantitative estimate of drug-likeness (QED) is 0.928. The molecule has 2 aromatic heterocycles. The van der Waals surface area contributed by atoms with Crippen LogP contribution in [0.25, 0.3) is 0 Å². The van der Waals surface area contributed by atoms with Gasteiger partial charge < -0.3 is 14.5 Å². The maximum atomic E-state index is 12.9. The number of carbonyl (C=O) groups excluding carboxylic acids is 1. The number of nitrogens with zero attached hydrogens (tertiary/aromatic N) is 4. The van der Waals surface area contributed by atoms with Crippen molar-refractivity contribution in [2.45, 2.75) is 58.2 Å². The number of hydrogen-bond acceptors (Lipinski definition) is 5. The molecule has 2 aliphatic rings. The first kappa shape index (κ1) is 15.4. The second kappa shape index (κ2) is 6.05. The molecule has 1 N–H and O–H groups in total. The number of rotatable bonds is 3. The van der Waals surface area contributed by atoms with Crippen LogP contribution in [0.4, 0.5) is 0 Å². The third-order valence-corrected chi connectivity index (χ3v) is 4.98. The first-order valence-electron chi connectivity index (χ1n) is 8.68. The van der Waals surface area contributed by atoms with Gasteiger partial charge in [-0.05, 0) is 31.7 Å². The van der Waals surface area contributed by atoms with E-state index in [1.165, 1.54) is 0 Å². The Bertz CT molecular complexity index is 764. The fourth-order valence-electron chi connectivity index (χ4n) is 3.54. The van der Waals surface area contributed by atoms with Crippen molar-refractivity contribution in [2.75, 3.05) is 6.54 Å². The monoisotopic (exact) mass is 330 g/mol. The summed E-state index contributed by atoms with van der Waals surface area (Å²) in [5.74, 6) is 0.812. The molecule has 0 spiro atoms. The summed E-state index contributed by atoms with van der Waals surface area (Å²) >= 11 is 0. The van der Waals surface area contributed by atoms with E-state index in [0.717, 1.165) is 42.7 Å². The van der Waals surface area contributed by atoms with E-state index >= 15 is 0 Å². The van der Waals surface area contributed by atoms with Gasteiger partial charge in [-0.2, -0.15) is 5.10 Å². The lowest BCUT2D eigenvalue weighted by Crippen LogP contribution is -2.39. The van der Waals surface area contributed by atoms with Crippen LogP contribution in [0.2, 0.25) is 0 Å². The number of aryl methyl sites for hydroxylation is 1. The Morgan fingerprint density at radius 3 is 3.04 bits per heavy atom. The maximum Gasteiger partial charge on any atom is 0.276 e. The molecule has 1 aliphatic carbocycles. The van der Waals surface area contributed by atoms with Crippen LogP contribution in [0.15, 0.2) is 10.6 Å². The summed E-state index contributed by atoms with van der Waals surface area (Å²) in [5, 5.41) is 18.4. The van der Waals surface area contributed by atoms with Gasteiger partial charge in [-0.25, -0.2) is 0 Å². The van der Waals surface area contributed by atoms with E-state index in [4.69, 9.17) is 4.52 Å². The summed E-state index contributed by atoms with van der Waals surface area (Å²) < 4.78 is 7.26. The standard InChI is InChI=1S/C17H22N4O3/c1-2-14(22)13-9-11-10-20(7-8-21(11)18-13)17(23)16-12-5-3-4-6-15(12)24-19-16/h9,14,22H,2-8,10H2,1H3/t14-/m1/s1. The number of fused-ring (bicyclic) bond motifs is 2. The van der Waals surface area contributed by atoms with E-state index in [-0.39, 0.29) is 5.91 Å². The highest BCUT2D eigenvalue weighted by molar-refractivity contribution is 5.94. The summed E-state index contributed by atoms with van der Waals surface area (Å²) in [6.07, 6.45) is 4.01. The van der Waals surface area contributed by atoms with Crippen LogP contribution < -0.4 is 0 Å². The van der Waals surface area contributed by atoms with E-state index in [2.05, 4.69) is 10.3 Å². The number of amides is 1. The van der Waals surface area contributed by atoms with Crippen molar-refractivity contribution in [3.05, 3.63) is 34.5 Å². The predicted octanol–water partition coefficient (Wildman–Crippen LogP) is 1.85. The number of aliphatic hydroxyl groups excluding tert-OH is 1. The molecule has 7 nitrogen and oxygen atoms in total. The Morgan fingerprint density at radius 1 is 1.38 bits per heavy atom. The normalized spacial score (nSPS) is 18.2. The van der Waals surface area contributed by atoms with Crippen molar-refractivity contribution in [1.29, 1.82) is 0 Å². The molecule has 0 fully saturated rings. The molecule has 3 heterocycles. The van der Waals surface area contributed by atoms with Crippen LogP contribution in [0.1, 0.15) is 65.5 Å². The third-order valence-electron chi connectivity index (χ3n) is 4.98. The molecule has 0 bridgehead atoms. The lowest BCUT2D eigenvalue weighted by atomic mass is 9.96. The molecule has 0 unspecified atom stereocenters. The minimum atomic E-state index is -0.546. The van der Waals surface area contributed by atoms with Crippen LogP contribution in [-0.2, 0) is 25.9 Å². The maximum absolute atomic E-state index is 12.9. The van der Waals surface area contributed by atoms with Crippen molar-refractivity contribution >= 4 is 5.91 Å². The zero-order chi connectivity index (χ0) is 16.7. The lowest BCUT2D eigenvalue weighted by molar-refractivity contribution is 0.0694. The van der Waals surface area contributed by atoms with Crippen molar-refractivity contribution in [2.24, 2.45) is 0 Å². The van der Waals surface area contributed by atoms with E-state index in [0.29, 0.717) is 37.4 Å². The highest BCUT2D eigenvalue weighted by Crippen LogP contribution is 2.26. The van der Waals surface area contributed by atoms with Crippen LogP contribution in [-0.4, -0.2) is 37.4 Å². The van der Waals surface area contributed by atoms with Gasteiger partial charge in [0.1, 0.15) is 5.76 Å². The van der Waals surface area contributed by atoms with Gasteiger partial charge in [0.05, 0.1) is 30.6 Å². The Hall–Kier alpha value is -2.15. The van der Waals surface area contributed by atoms with Gasteiger partial charge >= 0.3 is 0 Å². The smallest absolute Gasteiger partial charge is 0.276 e. The molecule has 7 heteroatoms. The molecule has 1 atom stereocenters. The Morgan fingerprint density at radius 2 is 2.21 bits per heavy atom. The lowest BCUT2D eigenvalue weighted by Gasteiger charge is -2.27. The number of aromatic nitrogens is 3. The largest absolute Gasteiger partial charge is 0.387 e. The fraction of sp³-hybridized carbons (Fsp3) is 0.588. The van der Waals surface area contributed by atoms with Crippen LogP contribution in [0.5, 0.6) is 0 Å². The second-order valence-corrected chi connectivity index (χ2v) is 6.57. The SMILES string of the molecule is CC[C@@H](O)c1cc2n(n1)CCN(C(=O)c1noc3c1CCCC3)C2. The molecule has 0 aromatic carbocycles. The average Bonchev–Trinajstić information content (AvgIpc) is 3.23. The summed E-state index contributed by atoms with van der Waals surface area (Å²) in [5.41, 5.74) is 3.11. The molecule has 2 aromatic rings. The summed E-state index contributed by atoms with van der Waals surface area (Å²) in [4.78, 5) is 14.7. The van der Waals surface area contributed by atoms with Crippen molar-refractivity contribution in [3.8, 4) is 0 Å². The minimum Gasteiger partial charge on any atom is -0.387 e. The molecule has 24 heavy (non-hydrogen) atoms. The molecule has 1 amide bonds.